The minimum absolute atomic E-state index is 0.0686. The van der Waals surface area contributed by atoms with Crippen molar-refractivity contribution in [2.45, 2.75) is 17.7 Å². The van der Waals surface area contributed by atoms with E-state index < -0.39 is 15.8 Å². The van der Waals surface area contributed by atoms with Crippen molar-refractivity contribution in [2.75, 3.05) is 46.9 Å². The number of halogens is 1. The van der Waals surface area contributed by atoms with E-state index >= 15 is 0 Å². The van der Waals surface area contributed by atoms with Gasteiger partial charge in [0.2, 0.25) is 10.0 Å². The lowest BCUT2D eigenvalue weighted by Crippen LogP contribution is -2.40. The van der Waals surface area contributed by atoms with Crippen LogP contribution >= 0.6 is 0 Å². The Morgan fingerprint density at radius 1 is 1.29 bits per heavy atom. The molecule has 0 bridgehead atoms. The largest absolute Gasteiger partial charge is 0.381 e. The molecule has 0 unspecified atom stereocenters. The predicted molar refractivity (Wildman–Crippen MR) is 89.7 cm³/mol. The fourth-order valence-electron chi connectivity index (χ4n) is 4.00. The van der Waals surface area contributed by atoms with Gasteiger partial charge in [-0.15, -0.1) is 0 Å². The molecule has 2 heterocycles. The van der Waals surface area contributed by atoms with Crippen molar-refractivity contribution < 1.29 is 17.5 Å². The average molecular weight is 356 g/mol. The highest BCUT2D eigenvalue weighted by Gasteiger charge is 2.50. The second-order valence-electron chi connectivity index (χ2n) is 7.16. The van der Waals surface area contributed by atoms with Crippen molar-refractivity contribution in [2.24, 2.45) is 11.3 Å². The summed E-state index contributed by atoms with van der Waals surface area (Å²) in [5.41, 5.74) is -0.0686. The quantitative estimate of drug-likeness (QED) is 0.826. The summed E-state index contributed by atoms with van der Waals surface area (Å²) in [6.45, 7) is 3.04. The van der Waals surface area contributed by atoms with Gasteiger partial charge in [-0.2, -0.15) is 4.31 Å². The fraction of sp³-hybridized carbons (Fsp3) is 0.647. The normalized spacial score (nSPS) is 24.8. The number of hydrogen-bond donors (Lipinski definition) is 0. The first-order valence-electron chi connectivity index (χ1n) is 8.32. The third-order valence-electron chi connectivity index (χ3n) is 5.31. The summed E-state index contributed by atoms with van der Waals surface area (Å²) in [5, 5.41) is 0. The van der Waals surface area contributed by atoms with E-state index in [1.54, 1.807) is 6.07 Å². The number of benzene rings is 1. The Kier molecular flexibility index (Phi) is 4.97. The van der Waals surface area contributed by atoms with Crippen molar-refractivity contribution in [1.82, 2.24) is 9.21 Å². The first-order valence-corrected chi connectivity index (χ1v) is 9.76. The summed E-state index contributed by atoms with van der Waals surface area (Å²) in [4.78, 5) is 1.87. The van der Waals surface area contributed by atoms with E-state index in [9.17, 15) is 12.8 Å². The molecule has 0 aliphatic carbocycles. The van der Waals surface area contributed by atoms with Gasteiger partial charge in [0.15, 0.2) is 0 Å². The van der Waals surface area contributed by atoms with Crippen LogP contribution in [-0.4, -0.2) is 64.6 Å². The van der Waals surface area contributed by atoms with E-state index in [1.807, 2.05) is 14.1 Å². The first-order chi connectivity index (χ1) is 11.3. The molecule has 2 aliphatic heterocycles. The molecule has 1 aromatic rings. The Hall–Kier alpha value is -1.02. The molecule has 2 fully saturated rings. The van der Waals surface area contributed by atoms with Crippen LogP contribution in [0.2, 0.25) is 0 Å². The summed E-state index contributed by atoms with van der Waals surface area (Å²) in [7, 11) is 0.188. The lowest BCUT2D eigenvalue weighted by Gasteiger charge is -2.39. The molecule has 0 N–H and O–H groups in total. The Balaban J connectivity index is 1.91. The van der Waals surface area contributed by atoms with Gasteiger partial charge in [-0.05, 0) is 50.4 Å². The second-order valence-corrected chi connectivity index (χ2v) is 9.07. The molecule has 3 rings (SSSR count). The maximum atomic E-state index is 14.0. The molecule has 0 radical (unpaired) electrons. The Morgan fingerprint density at radius 3 is 2.58 bits per heavy atom. The Morgan fingerprint density at radius 2 is 1.96 bits per heavy atom. The van der Waals surface area contributed by atoms with Gasteiger partial charge in [-0.3, -0.25) is 0 Å². The SMILES string of the molecule is CN(C)C[C@@H]1CN(S(=O)(=O)c2ccccc2F)CC12CCOCC2. The molecule has 0 saturated carbocycles. The van der Waals surface area contributed by atoms with E-state index in [-0.39, 0.29) is 16.2 Å². The van der Waals surface area contributed by atoms with Crippen LogP contribution in [0, 0.1) is 17.2 Å². The van der Waals surface area contributed by atoms with Gasteiger partial charge >= 0.3 is 0 Å². The van der Waals surface area contributed by atoms with E-state index in [1.165, 1.54) is 22.5 Å². The zero-order chi connectivity index (χ0) is 17.4. The van der Waals surface area contributed by atoms with Crippen molar-refractivity contribution in [3.63, 3.8) is 0 Å². The molecule has 0 amide bonds. The van der Waals surface area contributed by atoms with Crippen LogP contribution in [0.5, 0.6) is 0 Å². The molecule has 1 spiro atoms. The topological polar surface area (TPSA) is 49.9 Å². The molecular weight excluding hydrogens is 331 g/mol. The number of rotatable bonds is 4. The Labute approximate surface area is 143 Å². The van der Waals surface area contributed by atoms with E-state index in [2.05, 4.69) is 4.90 Å². The van der Waals surface area contributed by atoms with Crippen LogP contribution in [0.1, 0.15) is 12.8 Å². The molecule has 7 heteroatoms. The summed E-state index contributed by atoms with van der Waals surface area (Å²) in [5.74, 6) is -0.451. The highest BCUT2D eigenvalue weighted by molar-refractivity contribution is 7.89. The maximum Gasteiger partial charge on any atom is 0.246 e. The van der Waals surface area contributed by atoms with Gasteiger partial charge in [0.05, 0.1) is 0 Å². The number of sulfonamides is 1. The molecule has 2 saturated heterocycles. The van der Waals surface area contributed by atoms with E-state index in [0.717, 1.165) is 19.4 Å². The number of hydrogen-bond acceptors (Lipinski definition) is 4. The second kappa shape index (κ2) is 6.71. The van der Waals surface area contributed by atoms with Gasteiger partial charge in [0, 0.05) is 32.8 Å². The van der Waals surface area contributed by atoms with Gasteiger partial charge in [-0.25, -0.2) is 12.8 Å². The zero-order valence-electron chi connectivity index (χ0n) is 14.2. The zero-order valence-corrected chi connectivity index (χ0v) is 15.1. The van der Waals surface area contributed by atoms with Crippen molar-refractivity contribution in [3.8, 4) is 0 Å². The minimum atomic E-state index is -3.81. The molecular formula is C17H25FN2O3S. The van der Waals surface area contributed by atoms with Gasteiger partial charge in [0.25, 0.3) is 0 Å². The molecule has 2 aliphatic rings. The third-order valence-corrected chi connectivity index (χ3v) is 7.15. The van der Waals surface area contributed by atoms with Crippen LogP contribution in [0.3, 0.4) is 0 Å². The van der Waals surface area contributed by atoms with Crippen molar-refractivity contribution in [1.29, 1.82) is 0 Å². The first kappa shape index (κ1) is 17.8. The van der Waals surface area contributed by atoms with Crippen LogP contribution in [-0.2, 0) is 14.8 Å². The highest BCUT2D eigenvalue weighted by atomic mass is 32.2. The van der Waals surface area contributed by atoms with Crippen LogP contribution in [0.15, 0.2) is 29.2 Å². The molecule has 0 aromatic heterocycles. The average Bonchev–Trinajstić information content (AvgIpc) is 2.86. The Bertz CT molecular complexity index is 687. The maximum absolute atomic E-state index is 14.0. The van der Waals surface area contributed by atoms with Crippen LogP contribution in [0.4, 0.5) is 4.39 Å². The van der Waals surface area contributed by atoms with Gasteiger partial charge in [-0.1, -0.05) is 12.1 Å². The van der Waals surface area contributed by atoms with Crippen LogP contribution in [0.25, 0.3) is 0 Å². The number of nitrogens with zero attached hydrogens (tertiary/aromatic N) is 2. The fourth-order valence-corrected chi connectivity index (χ4v) is 5.64. The van der Waals surface area contributed by atoms with Crippen LogP contribution < -0.4 is 0 Å². The van der Waals surface area contributed by atoms with Gasteiger partial charge < -0.3 is 9.64 Å². The smallest absolute Gasteiger partial charge is 0.246 e. The summed E-state index contributed by atoms with van der Waals surface area (Å²) in [6, 6.07) is 5.62. The molecule has 1 atom stereocenters. The lowest BCUT2D eigenvalue weighted by molar-refractivity contribution is -0.00333. The highest BCUT2D eigenvalue weighted by Crippen LogP contribution is 2.46. The van der Waals surface area contributed by atoms with Gasteiger partial charge in [0.1, 0.15) is 10.7 Å². The standard InChI is InChI=1S/C17H25FN2O3S/c1-19(2)11-14-12-20(13-17(14)7-9-23-10-8-17)24(21,22)16-6-4-3-5-15(16)18/h3-6,14H,7-13H2,1-2H3/t14-/m1/s1. The predicted octanol–water partition coefficient (Wildman–Crippen LogP) is 1.80. The summed E-state index contributed by atoms with van der Waals surface area (Å²) in [6.07, 6.45) is 1.71. The minimum Gasteiger partial charge on any atom is -0.381 e. The summed E-state index contributed by atoms with van der Waals surface area (Å²) >= 11 is 0. The molecule has 134 valence electrons. The van der Waals surface area contributed by atoms with Crippen molar-refractivity contribution in [3.05, 3.63) is 30.1 Å². The molecule has 1 aromatic carbocycles. The summed E-state index contributed by atoms with van der Waals surface area (Å²) < 4.78 is 46.9. The van der Waals surface area contributed by atoms with Crippen molar-refractivity contribution >= 4 is 10.0 Å². The number of ether oxygens (including phenoxy) is 1. The third kappa shape index (κ3) is 3.22. The lowest BCUT2D eigenvalue weighted by atomic mass is 9.72. The monoisotopic (exact) mass is 356 g/mol. The molecule has 24 heavy (non-hydrogen) atoms. The van der Waals surface area contributed by atoms with E-state index in [4.69, 9.17) is 4.74 Å². The molecule has 5 nitrogen and oxygen atoms in total. The van der Waals surface area contributed by atoms with E-state index in [0.29, 0.717) is 26.3 Å².